The third-order valence-corrected chi connectivity index (χ3v) is 5.17. The molecule has 124 valence electrons. The van der Waals surface area contributed by atoms with Gasteiger partial charge in [-0.2, -0.15) is 0 Å². The van der Waals surface area contributed by atoms with Crippen molar-refractivity contribution in [2.75, 3.05) is 11.1 Å². The van der Waals surface area contributed by atoms with Crippen LogP contribution in [0.4, 0.5) is 15.2 Å². The first-order valence-electron chi connectivity index (χ1n) is 7.22. The maximum atomic E-state index is 13.1. The van der Waals surface area contributed by atoms with Crippen molar-refractivity contribution < 1.29 is 9.18 Å². The molecule has 0 bridgehead atoms. The van der Waals surface area contributed by atoms with Crippen molar-refractivity contribution in [1.82, 2.24) is 15.5 Å². The number of amides is 1. The fraction of sp³-hybridized carbons (Fsp3) is 0.400. The zero-order chi connectivity index (χ0) is 16.8. The maximum Gasteiger partial charge on any atom is 0.230 e. The van der Waals surface area contributed by atoms with Crippen molar-refractivity contribution in [2.24, 2.45) is 5.92 Å². The largest absolute Gasteiger partial charge is 0.353 e. The van der Waals surface area contributed by atoms with Crippen LogP contribution in [0.15, 0.2) is 28.6 Å². The van der Waals surface area contributed by atoms with Crippen molar-refractivity contribution in [3.05, 3.63) is 30.1 Å². The molecule has 8 heteroatoms. The Morgan fingerprint density at radius 1 is 1.35 bits per heavy atom. The Kier molecular flexibility index (Phi) is 6.35. The van der Waals surface area contributed by atoms with Crippen molar-refractivity contribution in [1.29, 1.82) is 0 Å². The van der Waals surface area contributed by atoms with Gasteiger partial charge >= 0.3 is 0 Å². The van der Waals surface area contributed by atoms with E-state index in [4.69, 9.17) is 0 Å². The van der Waals surface area contributed by atoms with Crippen LogP contribution in [0.25, 0.3) is 0 Å². The second kappa shape index (κ2) is 8.26. The summed E-state index contributed by atoms with van der Waals surface area (Å²) in [6.45, 7) is 6.11. The van der Waals surface area contributed by atoms with Crippen LogP contribution in [0.5, 0.6) is 0 Å². The predicted molar refractivity (Wildman–Crippen MR) is 92.8 cm³/mol. The van der Waals surface area contributed by atoms with Crippen LogP contribution < -0.4 is 10.6 Å². The van der Waals surface area contributed by atoms with Gasteiger partial charge in [-0.15, -0.1) is 10.2 Å². The van der Waals surface area contributed by atoms with Crippen molar-refractivity contribution in [2.45, 2.75) is 31.2 Å². The van der Waals surface area contributed by atoms with Crippen LogP contribution in [-0.2, 0) is 4.79 Å². The molecule has 2 aromatic rings. The van der Waals surface area contributed by atoms with E-state index in [0.717, 1.165) is 0 Å². The van der Waals surface area contributed by atoms with E-state index in [2.05, 4.69) is 34.7 Å². The van der Waals surface area contributed by atoms with Crippen LogP contribution in [0.3, 0.4) is 0 Å². The second-order valence-corrected chi connectivity index (χ2v) is 7.60. The molecule has 1 aromatic carbocycles. The number of hydrogen-bond acceptors (Lipinski definition) is 6. The SMILES string of the molecule is CC(C)[C@@H](C)NC(=O)CSc1nnc(Nc2cccc(F)c2)s1. The van der Waals surface area contributed by atoms with Gasteiger partial charge in [0.1, 0.15) is 5.82 Å². The van der Waals surface area contributed by atoms with Crippen molar-refractivity contribution in [3.63, 3.8) is 0 Å². The number of anilines is 2. The molecule has 0 aliphatic rings. The third-order valence-electron chi connectivity index (χ3n) is 3.20. The first-order valence-corrected chi connectivity index (χ1v) is 9.02. The highest BCUT2D eigenvalue weighted by molar-refractivity contribution is 8.01. The molecule has 5 nitrogen and oxygen atoms in total. The van der Waals surface area contributed by atoms with E-state index in [-0.39, 0.29) is 17.8 Å². The Morgan fingerprint density at radius 2 is 2.13 bits per heavy atom. The summed E-state index contributed by atoms with van der Waals surface area (Å²) in [5.74, 6) is 0.356. The van der Waals surface area contributed by atoms with Crippen LogP contribution in [0.1, 0.15) is 20.8 Å². The number of carbonyl (C=O) groups excluding carboxylic acids is 1. The van der Waals surface area contributed by atoms with Gasteiger partial charge in [-0.25, -0.2) is 4.39 Å². The van der Waals surface area contributed by atoms with E-state index in [1.165, 1.54) is 35.2 Å². The quantitative estimate of drug-likeness (QED) is 0.743. The highest BCUT2D eigenvalue weighted by Gasteiger charge is 2.12. The fourth-order valence-electron chi connectivity index (χ4n) is 1.60. The van der Waals surface area contributed by atoms with Gasteiger partial charge in [0.2, 0.25) is 11.0 Å². The van der Waals surface area contributed by atoms with E-state index >= 15 is 0 Å². The Labute approximate surface area is 143 Å². The van der Waals surface area contributed by atoms with Crippen LogP contribution in [0, 0.1) is 11.7 Å². The minimum absolute atomic E-state index is 0.0222. The van der Waals surface area contributed by atoms with E-state index in [1.54, 1.807) is 12.1 Å². The van der Waals surface area contributed by atoms with Crippen molar-refractivity contribution >= 4 is 39.8 Å². The molecule has 1 aromatic heterocycles. The average Bonchev–Trinajstić information content (AvgIpc) is 2.92. The molecule has 0 radical (unpaired) electrons. The number of hydrogen-bond donors (Lipinski definition) is 2. The van der Waals surface area contributed by atoms with Gasteiger partial charge in [0.15, 0.2) is 4.34 Å². The minimum atomic E-state index is -0.315. The molecule has 0 saturated heterocycles. The van der Waals surface area contributed by atoms with Gasteiger partial charge in [-0.1, -0.05) is 43.0 Å². The molecular weight excluding hydrogens is 335 g/mol. The number of rotatable bonds is 7. The molecule has 0 saturated carbocycles. The number of carbonyl (C=O) groups is 1. The lowest BCUT2D eigenvalue weighted by molar-refractivity contribution is -0.119. The van der Waals surface area contributed by atoms with Gasteiger partial charge in [-0.3, -0.25) is 4.79 Å². The Hall–Kier alpha value is -1.67. The number of aromatic nitrogens is 2. The topological polar surface area (TPSA) is 66.9 Å². The average molecular weight is 354 g/mol. The third kappa shape index (κ3) is 5.80. The number of benzene rings is 1. The summed E-state index contributed by atoms with van der Waals surface area (Å²) < 4.78 is 13.8. The summed E-state index contributed by atoms with van der Waals surface area (Å²) in [6, 6.07) is 6.27. The molecule has 23 heavy (non-hydrogen) atoms. The molecule has 1 amide bonds. The molecule has 1 heterocycles. The first kappa shape index (κ1) is 17.7. The summed E-state index contributed by atoms with van der Waals surface area (Å²) in [5, 5.41) is 14.5. The lowest BCUT2D eigenvalue weighted by atomic mass is 10.1. The van der Waals surface area contributed by atoms with E-state index < -0.39 is 0 Å². The summed E-state index contributed by atoms with van der Waals surface area (Å²) in [4.78, 5) is 11.8. The predicted octanol–water partition coefficient (Wildman–Crippen LogP) is 3.67. The minimum Gasteiger partial charge on any atom is -0.353 e. The summed E-state index contributed by atoms with van der Waals surface area (Å²) in [7, 11) is 0. The van der Waals surface area contributed by atoms with Crippen LogP contribution in [-0.4, -0.2) is 27.9 Å². The van der Waals surface area contributed by atoms with E-state index in [0.29, 0.717) is 26.8 Å². The smallest absolute Gasteiger partial charge is 0.230 e. The highest BCUT2D eigenvalue weighted by atomic mass is 32.2. The molecule has 2 rings (SSSR count). The molecule has 1 atom stereocenters. The van der Waals surface area contributed by atoms with Gasteiger partial charge in [-0.05, 0) is 31.0 Å². The summed E-state index contributed by atoms with van der Waals surface area (Å²) in [5.41, 5.74) is 0.612. The molecule has 0 unspecified atom stereocenters. The number of nitrogens with zero attached hydrogens (tertiary/aromatic N) is 2. The standard InChI is InChI=1S/C15H19FN4OS2/c1-9(2)10(3)17-13(21)8-22-15-20-19-14(23-15)18-12-6-4-5-11(16)7-12/h4-7,9-10H,8H2,1-3H3,(H,17,21)(H,18,19)/t10-/m1/s1. The van der Waals surface area contributed by atoms with Crippen molar-refractivity contribution in [3.8, 4) is 0 Å². The first-order chi connectivity index (χ1) is 10.9. The second-order valence-electron chi connectivity index (χ2n) is 5.40. The summed E-state index contributed by atoms with van der Waals surface area (Å²) in [6.07, 6.45) is 0. The number of halogens is 1. The van der Waals surface area contributed by atoms with E-state index in [1.807, 2.05) is 6.92 Å². The molecule has 0 fully saturated rings. The number of nitrogens with one attached hydrogen (secondary N) is 2. The normalized spacial score (nSPS) is 12.2. The Morgan fingerprint density at radius 3 is 2.83 bits per heavy atom. The zero-order valence-electron chi connectivity index (χ0n) is 13.2. The monoisotopic (exact) mass is 354 g/mol. The molecule has 0 spiro atoms. The molecular formula is C15H19FN4OS2. The molecule has 0 aliphatic heterocycles. The molecule has 0 aliphatic carbocycles. The Bertz CT molecular complexity index is 662. The lowest BCUT2D eigenvalue weighted by Gasteiger charge is -2.16. The zero-order valence-corrected chi connectivity index (χ0v) is 14.8. The van der Waals surface area contributed by atoms with Gasteiger partial charge in [0, 0.05) is 11.7 Å². The van der Waals surface area contributed by atoms with Gasteiger partial charge in [0.25, 0.3) is 0 Å². The van der Waals surface area contributed by atoms with Crippen LogP contribution in [0.2, 0.25) is 0 Å². The Balaban J connectivity index is 1.84. The van der Waals surface area contributed by atoms with Gasteiger partial charge in [0.05, 0.1) is 5.75 Å². The lowest BCUT2D eigenvalue weighted by Crippen LogP contribution is -2.37. The molecule has 2 N–H and O–H groups in total. The summed E-state index contributed by atoms with van der Waals surface area (Å²) >= 11 is 2.66. The fourth-order valence-corrected chi connectivity index (χ4v) is 3.18. The highest BCUT2D eigenvalue weighted by Crippen LogP contribution is 2.27. The number of thioether (sulfide) groups is 1. The van der Waals surface area contributed by atoms with Crippen LogP contribution >= 0.6 is 23.1 Å². The maximum absolute atomic E-state index is 13.1. The van der Waals surface area contributed by atoms with Gasteiger partial charge < -0.3 is 10.6 Å². The van der Waals surface area contributed by atoms with E-state index in [9.17, 15) is 9.18 Å².